The summed E-state index contributed by atoms with van der Waals surface area (Å²) in [5, 5.41) is 19.0. The number of piperidine rings is 1. The molecule has 0 spiro atoms. The topological polar surface area (TPSA) is 51.7 Å². The van der Waals surface area contributed by atoms with Crippen LogP contribution in [-0.2, 0) is 13.0 Å². The molecule has 0 bridgehead atoms. The molecule has 0 atom stereocenters. The van der Waals surface area contributed by atoms with Gasteiger partial charge in [0, 0.05) is 24.5 Å². The minimum Gasteiger partial charge on any atom is -0.508 e. The zero-order valence-electron chi connectivity index (χ0n) is 15.5. The largest absolute Gasteiger partial charge is 0.508 e. The van der Waals surface area contributed by atoms with Crippen molar-refractivity contribution in [3.63, 3.8) is 0 Å². The normalized spacial score (nSPS) is 15.8. The molecule has 1 fully saturated rings. The van der Waals surface area contributed by atoms with Gasteiger partial charge in [-0.25, -0.2) is 0 Å². The number of hydrogen-bond donors (Lipinski definition) is 1. The minimum atomic E-state index is 0.335. The van der Waals surface area contributed by atoms with Crippen LogP contribution < -0.4 is 0 Å². The van der Waals surface area contributed by atoms with Crippen LogP contribution in [0.2, 0.25) is 0 Å². The number of pyridine rings is 1. The summed E-state index contributed by atoms with van der Waals surface area (Å²) in [6, 6.07) is 16.0. The molecule has 0 unspecified atom stereocenters. The van der Waals surface area contributed by atoms with Crippen LogP contribution in [0.25, 0.3) is 5.52 Å². The molecule has 0 saturated carbocycles. The van der Waals surface area contributed by atoms with Crippen LogP contribution in [0.4, 0.5) is 0 Å². The van der Waals surface area contributed by atoms with Crippen molar-refractivity contribution in [2.75, 3.05) is 13.1 Å². The molecule has 138 valence electrons. The summed E-state index contributed by atoms with van der Waals surface area (Å²) in [6.45, 7) is 3.05. The first-order valence-electron chi connectivity index (χ1n) is 9.72. The van der Waals surface area contributed by atoms with Gasteiger partial charge in [0.1, 0.15) is 11.8 Å². The highest BCUT2D eigenvalue weighted by Crippen LogP contribution is 2.26. The SMILES string of the molecule is N#Cc1c(CN2CCC(CCc3ccc(O)cc3)CC2)cn2ccccc12. The molecule has 4 heteroatoms. The number of benzene rings is 1. The van der Waals surface area contributed by atoms with Gasteiger partial charge in [-0.1, -0.05) is 18.2 Å². The highest BCUT2D eigenvalue weighted by Gasteiger charge is 2.21. The number of nitrogens with zero attached hydrogens (tertiary/aromatic N) is 3. The lowest BCUT2D eigenvalue weighted by Crippen LogP contribution is -2.33. The standard InChI is InChI=1S/C23H25N3O/c24-15-22-20(17-26-12-2-1-3-23(22)26)16-25-13-10-19(11-14-25)5-4-18-6-8-21(27)9-7-18/h1-3,6-9,12,17,19,27H,4-5,10-11,13-14,16H2. The van der Waals surface area contributed by atoms with E-state index in [0.29, 0.717) is 5.75 Å². The molecule has 0 amide bonds. The van der Waals surface area contributed by atoms with Crippen molar-refractivity contribution in [2.24, 2.45) is 5.92 Å². The van der Waals surface area contributed by atoms with Gasteiger partial charge in [0.25, 0.3) is 0 Å². The third-order valence-electron chi connectivity index (χ3n) is 5.75. The molecular weight excluding hydrogens is 334 g/mol. The summed E-state index contributed by atoms with van der Waals surface area (Å²) in [7, 11) is 0. The van der Waals surface area contributed by atoms with Gasteiger partial charge in [-0.15, -0.1) is 0 Å². The number of hydrogen-bond acceptors (Lipinski definition) is 3. The average molecular weight is 359 g/mol. The predicted octanol–water partition coefficient (Wildman–Crippen LogP) is 4.36. The smallest absolute Gasteiger partial charge is 0.115 e. The number of likely N-dealkylation sites (tertiary alicyclic amines) is 1. The summed E-state index contributed by atoms with van der Waals surface area (Å²) >= 11 is 0. The van der Waals surface area contributed by atoms with Crippen molar-refractivity contribution in [3.05, 3.63) is 71.5 Å². The molecule has 0 radical (unpaired) electrons. The second-order valence-electron chi connectivity index (χ2n) is 7.56. The Hall–Kier alpha value is -2.77. The van der Waals surface area contributed by atoms with Gasteiger partial charge in [0.15, 0.2) is 0 Å². The van der Waals surface area contributed by atoms with Gasteiger partial charge in [0.05, 0.1) is 11.1 Å². The van der Waals surface area contributed by atoms with Gasteiger partial charge >= 0.3 is 0 Å². The molecule has 4 nitrogen and oxygen atoms in total. The Morgan fingerprint density at radius 1 is 1.07 bits per heavy atom. The van der Waals surface area contributed by atoms with E-state index < -0.39 is 0 Å². The highest BCUT2D eigenvalue weighted by molar-refractivity contribution is 5.65. The molecule has 1 N–H and O–H groups in total. The minimum absolute atomic E-state index is 0.335. The van der Waals surface area contributed by atoms with Crippen LogP contribution in [0, 0.1) is 17.2 Å². The maximum Gasteiger partial charge on any atom is 0.115 e. The molecular formula is C23H25N3O. The zero-order chi connectivity index (χ0) is 18.6. The lowest BCUT2D eigenvalue weighted by molar-refractivity contribution is 0.172. The van der Waals surface area contributed by atoms with Crippen LogP contribution in [0.3, 0.4) is 0 Å². The first-order valence-corrected chi connectivity index (χ1v) is 9.72. The Morgan fingerprint density at radius 3 is 2.59 bits per heavy atom. The van der Waals surface area contributed by atoms with Gasteiger partial charge in [-0.2, -0.15) is 5.26 Å². The Bertz CT molecular complexity index is 944. The van der Waals surface area contributed by atoms with Crippen molar-refractivity contribution in [2.45, 2.75) is 32.2 Å². The summed E-state index contributed by atoms with van der Waals surface area (Å²) in [4.78, 5) is 2.48. The molecule has 3 aromatic rings. The third-order valence-corrected chi connectivity index (χ3v) is 5.75. The summed E-state index contributed by atoms with van der Waals surface area (Å²) < 4.78 is 2.05. The average Bonchev–Trinajstić information content (AvgIpc) is 3.05. The van der Waals surface area contributed by atoms with E-state index in [1.54, 1.807) is 12.1 Å². The number of fused-ring (bicyclic) bond motifs is 1. The monoisotopic (exact) mass is 359 g/mol. The molecule has 3 heterocycles. The number of aromatic nitrogens is 1. The van der Waals surface area contributed by atoms with E-state index in [0.717, 1.165) is 48.6 Å². The first kappa shape index (κ1) is 17.6. The fraction of sp³-hybridized carbons (Fsp3) is 0.348. The molecule has 1 saturated heterocycles. The van der Waals surface area contributed by atoms with Crippen LogP contribution in [-0.4, -0.2) is 27.5 Å². The Labute approximate surface area is 160 Å². The number of nitriles is 1. The highest BCUT2D eigenvalue weighted by atomic mass is 16.3. The van der Waals surface area contributed by atoms with Crippen LogP contribution in [0.5, 0.6) is 5.75 Å². The summed E-state index contributed by atoms with van der Waals surface area (Å²) in [5.41, 5.74) is 4.24. The van der Waals surface area contributed by atoms with E-state index in [9.17, 15) is 10.4 Å². The van der Waals surface area contributed by atoms with Crippen molar-refractivity contribution in [1.29, 1.82) is 5.26 Å². The Kier molecular flexibility index (Phi) is 5.13. The van der Waals surface area contributed by atoms with E-state index >= 15 is 0 Å². The number of phenols is 1. The quantitative estimate of drug-likeness (QED) is 0.736. The lowest BCUT2D eigenvalue weighted by atomic mass is 9.90. The maximum atomic E-state index is 9.57. The van der Waals surface area contributed by atoms with Crippen molar-refractivity contribution < 1.29 is 5.11 Å². The Balaban J connectivity index is 1.32. The third kappa shape index (κ3) is 3.99. The Morgan fingerprint density at radius 2 is 1.85 bits per heavy atom. The molecule has 1 aliphatic rings. The van der Waals surface area contributed by atoms with Gasteiger partial charge < -0.3 is 9.51 Å². The number of phenolic OH excluding ortho intramolecular Hbond substituents is 1. The van der Waals surface area contributed by atoms with Gasteiger partial charge in [0.2, 0.25) is 0 Å². The predicted molar refractivity (Wildman–Crippen MR) is 107 cm³/mol. The molecule has 1 aromatic carbocycles. The van der Waals surface area contributed by atoms with Crippen LogP contribution in [0.1, 0.15) is 36.0 Å². The van der Waals surface area contributed by atoms with E-state index in [1.807, 2.05) is 36.5 Å². The summed E-state index contributed by atoms with van der Waals surface area (Å²) in [6.07, 6.45) is 8.83. The van der Waals surface area contributed by atoms with Crippen LogP contribution >= 0.6 is 0 Å². The fourth-order valence-corrected chi connectivity index (χ4v) is 4.13. The molecule has 27 heavy (non-hydrogen) atoms. The second kappa shape index (κ2) is 7.85. The van der Waals surface area contributed by atoms with Gasteiger partial charge in [-0.05, 0) is 74.5 Å². The zero-order valence-corrected chi connectivity index (χ0v) is 15.5. The van der Waals surface area contributed by atoms with E-state index in [1.165, 1.54) is 24.8 Å². The first-order chi connectivity index (χ1) is 13.2. The number of aryl methyl sites for hydroxylation is 1. The fourth-order valence-electron chi connectivity index (χ4n) is 4.13. The molecule has 2 aromatic heterocycles. The molecule has 0 aliphatic carbocycles. The second-order valence-corrected chi connectivity index (χ2v) is 7.56. The van der Waals surface area contributed by atoms with E-state index in [-0.39, 0.29) is 0 Å². The van der Waals surface area contributed by atoms with Gasteiger partial charge in [-0.3, -0.25) is 4.90 Å². The van der Waals surface area contributed by atoms with Crippen molar-refractivity contribution in [3.8, 4) is 11.8 Å². The van der Waals surface area contributed by atoms with E-state index in [2.05, 4.69) is 21.6 Å². The molecule has 1 aliphatic heterocycles. The molecule has 4 rings (SSSR count). The van der Waals surface area contributed by atoms with Crippen molar-refractivity contribution in [1.82, 2.24) is 9.30 Å². The number of rotatable bonds is 5. The lowest BCUT2D eigenvalue weighted by Gasteiger charge is -2.31. The van der Waals surface area contributed by atoms with Crippen LogP contribution in [0.15, 0.2) is 54.9 Å². The maximum absolute atomic E-state index is 9.57. The summed E-state index contributed by atoms with van der Waals surface area (Å²) in [5.74, 6) is 1.10. The van der Waals surface area contributed by atoms with E-state index in [4.69, 9.17) is 0 Å². The number of aromatic hydroxyl groups is 1. The van der Waals surface area contributed by atoms with Crippen molar-refractivity contribution >= 4 is 5.52 Å².